The monoisotopic (exact) mass is 410 g/mol. The topological polar surface area (TPSA) is 81.4 Å². The highest BCUT2D eigenvalue weighted by atomic mass is 16.5. The number of aryl methyl sites for hydroxylation is 1. The van der Waals surface area contributed by atoms with Gasteiger partial charge < -0.3 is 14.2 Å². The fourth-order valence-corrected chi connectivity index (χ4v) is 5.06. The van der Waals surface area contributed by atoms with E-state index in [4.69, 9.17) is 9.26 Å². The third kappa shape index (κ3) is 3.87. The van der Waals surface area contributed by atoms with Gasteiger partial charge in [0.05, 0.1) is 5.60 Å². The first-order chi connectivity index (χ1) is 14.6. The van der Waals surface area contributed by atoms with Crippen LogP contribution < -0.4 is 0 Å². The lowest BCUT2D eigenvalue weighted by atomic mass is 9.78. The molecule has 3 fully saturated rings. The number of hydrogen-bond acceptors (Lipinski definition) is 6. The molecule has 2 aliphatic heterocycles. The molecule has 2 saturated heterocycles. The maximum absolute atomic E-state index is 12.9. The summed E-state index contributed by atoms with van der Waals surface area (Å²) in [6, 6.07) is 3.81. The van der Waals surface area contributed by atoms with Crippen LogP contribution >= 0.6 is 0 Å². The molecule has 2 aromatic heterocycles. The Morgan fingerprint density at radius 3 is 2.83 bits per heavy atom. The van der Waals surface area contributed by atoms with Crippen LogP contribution in [0.2, 0.25) is 0 Å². The van der Waals surface area contributed by atoms with Gasteiger partial charge in [-0.2, -0.15) is 4.98 Å². The van der Waals surface area contributed by atoms with Gasteiger partial charge in [-0.25, -0.2) is 0 Å². The predicted octanol–water partition coefficient (Wildman–Crippen LogP) is 3.68. The Labute approximate surface area is 177 Å². The van der Waals surface area contributed by atoms with Gasteiger partial charge in [0.2, 0.25) is 5.89 Å². The van der Waals surface area contributed by atoms with E-state index in [2.05, 4.69) is 15.1 Å². The summed E-state index contributed by atoms with van der Waals surface area (Å²) in [6.07, 6.45) is 9.96. The molecule has 1 aliphatic carbocycles. The fourth-order valence-electron chi connectivity index (χ4n) is 5.06. The number of rotatable bonds is 4. The van der Waals surface area contributed by atoms with Crippen molar-refractivity contribution in [2.24, 2.45) is 5.92 Å². The van der Waals surface area contributed by atoms with Crippen molar-refractivity contribution in [1.29, 1.82) is 0 Å². The zero-order chi connectivity index (χ0) is 20.6. The van der Waals surface area contributed by atoms with E-state index in [0.29, 0.717) is 17.5 Å². The zero-order valence-corrected chi connectivity index (χ0v) is 17.7. The number of hydrogen-bond donors (Lipinski definition) is 0. The Balaban J connectivity index is 1.18. The summed E-state index contributed by atoms with van der Waals surface area (Å²) in [5, 5.41) is 4.24. The van der Waals surface area contributed by atoms with E-state index in [1.165, 1.54) is 19.3 Å². The molecule has 1 spiro atoms. The number of carbonyl (C=O) groups excluding carboxylic acids is 1. The third-order valence-corrected chi connectivity index (χ3v) is 7.18. The van der Waals surface area contributed by atoms with E-state index >= 15 is 0 Å². The van der Waals surface area contributed by atoms with Crippen LogP contribution in [0.1, 0.15) is 78.6 Å². The van der Waals surface area contributed by atoms with Crippen molar-refractivity contribution in [3.63, 3.8) is 0 Å². The number of nitrogens with zero attached hydrogens (tertiary/aromatic N) is 4. The van der Waals surface area contributed by atoms with Crippen LogP contribution in [0.5, 0.6) is 0 Å². The average molecular weight is 411 g/mol. The van der Waals surface area contributed by atoms with Crippen LogP contribution in [0.3, 0.4) is 0 Å². The minimum atomic E-state index is -0.126. The van der Waals surface area contributed by atoms with E-state index in [0.717, 1.165) is 69.1 Å². The van der Waals surface area contributed by atoms with E-state index < -0.39 is 0 Å². The first-order valence-corrected chi connectivity index (χ1v) is 11.3. The van der Waals surface area contributed by atoms with E-state index in [1.807, 2.05) is 24.0 Å². The third-order valence-electron chi connectivity index (χ3n) is 7.18. The van der Waals surface area contributed by atoms with Crippen molar-refractivity contribution in [2.45, 2.75) is 69.8 Å². The molecule has 5 rings (SSSR count). The smallest absolute Gasteiger partial charge is 0.272 e. The minimum Gasteiger partial charge on any atom is -0.375 e. The second kappa shape index (κ2) is 8.10. The standard InChI is InChI=1S/C23H30N4O3/c1-16-4-3-10-24-20(16)22(28)27-11-8-23(9-12-27)15-17(7-13-29-23)14-19-25-21(30-26-19)18-5-2-6-18/h3-4,10,17-18H,2,5-9,11-15H2,1H3. The highest BCUT2D eigenvalue weighted by Gasteiger charge is 2.41. The molecule has 2 aromatic rings. The molecule has 4 heterocycles. The van der Waals surface area contributed by atoms with E-state index in [9.17, 15) is 4.79 Å². The van der Waals surface area contributed by atoms with Crippen molar-refractivity contribution >= 4 is 5.91 Å². The molecule has 0 aromatic carbocycles. The number of ether oxygens (including phenoxy) is 1. The molecule has 0 bridgehead atoms. The molecule has 1 amide bonds. The van der Waals surface area contributed by atoms with Gasteiger partial charge in [0.15, 0.2) is 5.82 Å². The molecule has 7 heteroatoms. The summed E-state index contributed by atoms with van der Waals surface area (Å²) in [6.45, 7) is 4.14. The first-order valence-electron chi connectivity index (χ1n) is 11.3. The molecule has 1 unspecified atom stereocenters. The quantitative estimate of drug-likeness (QED) is 0.765. The summed E-state index contributed by atoms with van der Waals surface area (Å²) in [4.78, 5) is 23.8. The maximum Gasteiger partial charge on any atom is 0.272 e. The van der Waals surface area contributed by atoms with Gasteiger partial charge in [-0.15, -0.1) is 0 Å². The minimum absolute atomic E-state index is 0.0330. The molecule has 3 aliphatic rings. The molecule has 160 valence electrons. The maximum atomic E-state index is 12.9. The number of amides is 1. The van der Waals surface area contributed by atoms with E-state index in [1.54, 1.807) is 6.20 Å². The lowest BCUT2D eigenvalue weighted by Crippen LogP contribution is -2.51. The Hall–Kier alpha value is -2.28. The number of piperidine rings is 1. The van der Waals surface area contributed by atoms with Crippen LogP contribution in [-0.2, 0) is 11.2 Å². The average Bonchev–Trinajstić information content (AvgIpc) is 3.15. The van der Waals surface area contributed by atoms with Crippen LogP contribution in [0.4, 0.5) is 0 Å². The van der Waals surface area contributed by atoms with Gasteiger partial charge in [0, 0.05) is 38.2 Å². The van der Waals surface area contributed by atoms with Gasteiger partial charge in [-0.3, -0.25) is 9.78 Å². The highest BCUT2D eigenvalue weighted by molar-refractivity contribution is 5.93. The van der Waals surface area contributed by atoms with Gasteiger partial charge in [-0.05, 0) is 63.0 Å². The summed E-state index contributed by atoms with van der Waals surface area (Å²) >= 11 is 0. The summed E-state index contributed by atoms with van der Waals surface area (Å²) in [7, 11) is 0. The number of aromatic nitrogens is 3. The summed E-state index contributed by atoms with van der Waals surface area (Å²) < 4.78 is 11.8. The first kappa shape index (κ1) is 19.7. The molecular weight excluding hydrogens is 380 g/mol. The summed E-state index contributed by atoms with van der Waals surface area (Å²) in [5.74, 6) is 2.69. The fraction of sp³-hybridized carbons (Fsp3) is 0.652. The van der Waals surface area contributed by atoms with Crippen molar-refractivity contribution < 1.29 is 14.1 Å². The van der Waals surface area contributed by atoms with Crippen LogP contribution in [0, 0.1) is 12.8 Å². The van der Waals surface area contributed by atoms with Gasteiger partial charge >= 0.3 is 0 Å². The molecule has 0 radical (unpaired) electrons. The van der Waals surface area contributed by atoms with Crippen LogP contribution in [-0.4, -0.2) is 51.2 Å². The molecule has 0 N–H and O–H groups in total. The Bertz CT molecular complexity index is 899. The van der Waals surface area contributed by atoms with Crippen molar-refractivity contribution in [3.05, 3.63) is 41.3 Å². The number of likely N-dealkylation sites (tertiary alicyclic amines) is 1. The number of pyridine rings is 1. The summed E-state index contributed by atoms with van der Waals surface area (Å²) in [5.41, 5.74) is 1.37. The van der Waals surface area contributed by atoms with Crippen molar-refractivity contribution in [1.82, 2.24) is 20.0 Å². The zero-order valence-electron chi connectivity index (χ0n) is 17.7. The van der Waals surface area contributed by atoms with E-state index in [-0.39, 0.29) is 11.5 Å². The van der Waals surface area contributed by atoms with Crippen molar-refractivity contribution in [2.75, 3.05) is 19.7 Å². The SMILES string of the molecule is Cc1cccnc1C(=O)N1CCC2(CC1)CC(Cc1noc(C3CCC3)n1)CCO2. The molecule has 1 atom stereocenters. The number of carbonyl (C=O) groups is 1. The largest absolute Gasteiger partial charge is 0.375 e. The lowest BCUT2D eigenvalue weighted by molar-refractivity contribution is -0.123. The molecule has 30 heavy (non-hydrogen) atoms. The van der Waals surface area contributed by atoms with Crippen LogP contribution in [0.15, 0.2) is 22.9 Å². The molecule has 1 saturated carbocycles. The van der Waals surface area contributed by atoms with Crippen molar-refractivity contribution in [3.8, 4) is 0 Å². The normalized spacial score (nSPS) is 24.0. The Kier molecular flexibility index (Phi) is 5.31. The predicted molar refractivity (Wildman–Crippen MR) is 110 cm³/mol. The van der Waals surface area contributed by atoms with Gasteiger partial charge in [-0.1, -0.05) is 17.6 Å². The second-order valence-corrected chi connectivity index (χ2v) is 9.23. The van der Waals surface area contributed by atoms with Crippen LogP contribution in [0.25, 0.3) is 0 Å². The highest BCUT2D eigenvalue weighted by Crippen LogP contribution is 2.39. The Morgan fingerprint density at radius 1 is 1.27 bits per heavy atom. The van der Waals surface area contributed by atoms with Gasteiger partial charge in [0.1, 0.15) is 5.69 Å². The molecule has 7 nitrogen and oxygen atoms in total. The Morgan fingerprint density at radius 2 is 2.10 bits per heavy atom. The second-order valence-electron chi connectivity index (χ2n) is 9.23. The molecular formula is C23H30N4O3. The lowest BCUT2D eigenvalue weighted by Gasteiger charge is -2.46. The van der Waals surface area contributed by atoms with Gasteiger partial charge in [0.25, 0.3) is 5.91 Å².